The lowest BCUT2D eigenvalue weighted by atomic mass is 10.0. The zero-order valence-corrected chi connectivity index (χ0v) is 27.6. The minimum atomic E-state index is -3.70. The summed E-state index contributed by atoms with van der Waals surface area (Å²) in [7, 11) is -3.70. The van der Waals surface area contributed by atoms with E-state index in [0.717, 1.165) is 24.0 Å². The number of hydrogen-bond acceptors (Lipinski definition) is 3. The van der Waals surface area contributed by atoms with Gasteiger partial charge in [-0.2, -0.15) is 0 Å². The summed E-state index contributed by atoms with van der Waals surface area (Å²) in [5, 5.41) is 2.89. The van der Waals surface area contributed by atoms with Crippen LogP contribution < -0.4 is 10.0 Å². The number of rotatable bonds is 24. The Morgan fingerprint density at radius 1 is 0.571 bits per heavy atom. The molecular formula is C36H58N2O3S. The van der Waals surface area contributed by atoms with Crippen molar-refractivity contribution in [2.75, 3.05) is 10.0 Å². The van der Waals surface area contributed by atoms with E-state index in [0.29, 0.717) is 17.8 Å². The molecule has 2 aromatic carbocycles. The zero-order chi connectivity index (χ0) is 30.5. The molecule has 2 rings (SSSR count). The van der Waals surface area contributed by atoms with Gasteiger partial charge >= 0.3 is 0 Å². The number of nitrogens with one attached hydrogen (secondary N) is 2. The molecule has 0 fully saturated rings. The van der Waals surface area contributed by atoms with Crippen molar-refractivity contribution < 1.29 is 13.2 Å². The number of benzene rings is 2. The van der Waals surface area contributed by atoms with Gasteiger partial charge in [-0.1, -0.05) is 129 Å². The van der Waals surface area contributed by atoms with Crippen molar-refractivity contribution in [3.8, 4) is 0 Å². The molecule has 0 saturated carbocycles. The number of unbranched alkanes of at least 4 members (excludes halogenated alkanes) is 18. The second-order valence-corrected chi connectivity index (χ2v) is 13.9. The Kier molecular flexibility index (Phi) is 18.2. The number of carbonyl (C=O) groups is 1. The Labute approximate surface area is 257 Å². The third-order valence-electron chi connectivity index (χ3n) is 7.93. The molecule has 0 bridgehead atoms. The number of amides is 1. The van der Waals surface area contributed by atoms with E-state index in [1.54, 1.807) is 24.3 Å². The van der Waals surface area contributed by atoms with Crippen LogP contribution in [0.3, 0.4) is 0 Å². The molecule has 0 unspecified atom stereocenters. The largest absolute Gasteiger partial charge is 0.326 e. The molecule has 0 aliphatic carbocycles. The first-order chi connectivity index (χ1) is 20.3. The highest BCUT2D eigenvalue weighted by Crippen LogP contribution is 2.21. The van der Waals surface area contributed by atoms with Gasteiger partial charge in [0.15, 0.2) is 0 Å². The Morgan fingerprint density at radius 3 is 1.40 bits per heavy atom. The highest BCUT2D eigenvalue weighted by Gasteiger charge is 2.15. The maximum Gasteiger partial charge on any atom is 0.261 e. The molecule has 2 aromatic rings. The summed E-state index contributed by atoms with van der Waals surface area (Å²) >= 11 is 0. The van der Waals surface area contributed by atoms with Crippen molar-refractivity contribution in [1.82, 2.24) is 0 Å². The maximum absolute atomic E-state index is 12.8. The van der Waals surface area contributed by atoms with Crippen molar-refractivity contribution in [2.45, 2.75) is 154 Å². The number of aryl methyl sites for hydroxylation is 2. The van der Waals surface area contributed by atoms with Crippen molar-refractivity contribution in [3.05, 3.63) is 53.6 Å². The fraction of sp³-hybridized carbons (Fsp3) is 0.639. The standard InChI is InChI=1S/C36H58N2O3S/c1-4-5-6-7-8-9-10-11-12-13-14-15-16-17-18-19-20-21-22-23-36(39)37-33-24-26-35(27-25-33)42(40,41)38-34-29-31(2)28-32(3)30-34/h24-30,38H,4-23H2,1-3H3,(H,37,39). The summed E-state index contributed by atoms with van der Waals surface area (Å²) in [6.07, 6.45) is 25.8. The normalized spacial score (nSPS) is 11.5. The molecule has 5 nitrogen and oxygen atoms in total. The van der Waals surface area contributed by atoms with Gasteiger partial charge in [0, 0.05) is 17.8 Å². The first-order valence-corrected chi connectivity index (χ1v) is 18.3. The van der Waals surface area contributed by atoms with Crippen molar-refractivity contribution in [3.63, 3.8) is 0 Å². The quantitative estimate of drug-likeness (QED) is 0.118. The molecule has 236 valence electrons. The summed E-state index contributed by atoms with van der Waals surface area (Å²) in [5.41, 5.74) is 3.15. The zero-order valence-electron chi connectivity index (χ0n) is 26.8. The van der Waals surface area contributed by atoms with Crippen LogP contribution in [0, 0.1) is 13.8 Å². The minimum Gasteiger partial charge on any atom is -0.326 e. The highest BCUT2D eigenvalue weighted by atomic mass is 32.2. The number of sulfonamides is 1. The van der Waals surface area contributed by atoms with Gasteiger partial charge in [0.05, 0.1) is 4.90 Å². The SMILES string of the molecule is CCCCCCCCCCCCCCCCCCCCCC(=O)Nc1ccc(S(=O)(=O)Nc2cc(C)cc(C)c2)cc1. The minimum absolute atomic E-state index is 0.0223. The lowest BCUT2D eigenvalue weighted by Gasteiger charge is -2.11. The smallest absolute Gasteiger partial charge is 0.261 e. The predicted molar refractivity (Wildman–Crippen MR) is 180 cm³/mol. The van der Waals surface area contributed by atoms with Crippen LogP contribution in [0.4, 0.5) is 11.4 Å². The van der Waals surface area contributed by atoms with Gasteiger partial charge in [-0.15, -0.1) is 0 Å². The van der Waals surface area contributed by atoms with Crippen LogP contribution in [0.25, 0.3) is 0 Å². The molecule has 2 N–H and O–H groups in total. The topological polar surface area (TPSA) is 75.3 Å². The van der Waals surface area contributed by atoms with E-state index in [9.17, 15) is 13.2 Å². The van der Waals surface area contributed by atoms with Gasteiger partial charge in [-0.05, 0) is 67.8 Å². The van der Waals surface area contributed by atoms with Gasteiger partial charge in [-0.25, -0.2) is 8.42 Å². The van der Waals surface area contributed by atoms with E-state index < -0.39 is 10.0 Å². The van der Waals surface area contributed by atoms with Gasteiger partial charge in [0.2, 0.25) is 5.91 Å². The fourth-order valence-corrected chi connectivity index (χ4v) is 6.59. The Hall–Kier alpha value is -2.34. The van der Waals surface area contributed by atoms with Gasteiger partial charge < -0.3 is 5.32 Å². The van der Waals surface area contributed by atoms with Crippen molar-refractivity contribution >= 4 is 27.3 Å². The third kappa shape index (κ3) is 16.3. The molecule has 0 aliphatic heterocycles. The van der Waals surface area contributed by atoms with Crippen LogP contribution in [0.5, 0.6) is 0 Å². The van der Waals surface area contributed by atoms with Crippen molar-refractivity contribution in [2.24, 2.45) is 0 Å². The van der Waals surface area contributed by atoms with E-state index in [2.05, 4.69) is 17.0 Å². The molecular weight excluding hydrogens is 540 g/mol. The molecule has 1 amide bonds. The van der Waals surface area contributed by atoms with Crippen LogP contribution in [0.1, 0.15) is 146 Å². The van der Waals surface area contributed by atoms with E-state index in [-0.39, 0.29) is 10.8 Å². The van der Waals surface area contributed by atoms with Crippen molar-refractivity contribution in [1.29, 1.82) is 0 Å². The van der Waals surface area contributed by atoms with Gasteiger partial charge in [0.25, 0.3) is 10.0 Å². The predicted octanol–water partition coefficient (Wildman–Crippen LogP) is 10.9. The summed E-state index contributed by atoms with van der Waals surface area (Å²) in [6, 6.07) is 11.9. The second-order valence-electron chi connectivity index (χ2n) is 12.2. The van der Waals surface area contributed by atoms with E-state index in [4.69, 9.17) is 0 Å². The summed E-state index contributed by atoms with van der Waals surface area (Å²) in [5.74, 6) is -0.0223. The van der Waals surface area contributed by atoms with Crippen LogP contribution >= 0.6 is 0 Å². The summed E-state index contributed by atoms with van der Waals surface area (Å²) < 4.78 is 28.2. The molecule has 6 heteroatoms. The van der Waals surface area contributed by atoms with Crippen LogP contribution in [-0.2, 0) is 14.8 Å². The average Bonchev–Trinajstić information content (AvgIpc) is 2.94. The average molecular weight is 599 g/mol. The monoisotopic (exact) mass is 598 g/mol. The molecule has 0 radical (unpaired) electrons. The van der Waals surface area contributed by atoms with Crippen LogP contribution in [0.2, 0.25) is 0 Å². The summed E-state index contributed by atoms with van der Waals surface area (Å²) in [4.78, 5) is 12.5. The van der Waals surface area contributed by atoms with Gasteiger partial charge in [-0.3, -0.25) is 9.52 Å². The van der Waals surface area contributed by atoms with E-state index in [1.807, 2.05) is 19.9 Å². The molecule has 0 spiro atoms. The van der Waals surface area contributed by atoms with E-state index in [1.165, 1.54) is 121 Å². The molecule has 0 aromatic heterocycles. The lowest BCUT2D eigenvalue weighted by Crippen LogP contribution is -2.14. The Balaban J connectivity index is 1.45. The number of anilines is 2. The van der Waals surface area contributed by atoms with E-state index >= 15 is 0 Å². The molecule has 0 atom stereocenters. The number of carbonyl (C=O) groups excluding carboxylic acids is 1. The molecule has 42 heavy (non-hydrogen) atoms. The summed E-state index contributed by atoms with van der Waals surface area (Å²) in [6.45, 7) is 6.15. The third-order valence-corrected chi connectivity index (χ3v) is 9.33. The maximum atomic E-state index is 12.8. The molecule has 0 heterocycles. The molecule has 0 saturated heterocycles. The fourth-order valence-electron chi connectivity index (χ4n) is 5.55. The Bertz CT molecular complexity index is 1090. The highest BCUT2D eigenvalue weighted by molar-refractivity contribution is 7.92. The first-order valence-electron chi connectivity index (χ1n) is 16.8. The lowest BCUT2D eigenvalue weighted by molar-refractivity contribution is -0.116. The molecule has 0 aliphatic rings. The van der Waals surface area contributed by atoms with Crippen LogP contribution in [-0.4, -0.2) is 14.3 Å². The Morgan fingerprint density at radius 2 is 0.976 bits per heavy atom. The second kappa shape index (κ2) is 21.4. The van der Waals surface area contributed by atoms with Gasteiger partial charge in [0.1, 0.15) is 0 Å². The first kappa shape index (κ1) is 35.9. The number of hydrogen-bond donors (Lipinski definition) is 2. The van der Waals surface area contributed by atoms with Crippen LogP contribution in [0.15, 0.2) is 47.4 Å².